The van der Waals surface area contributed by atoms with Crippen LogP contribution in [0.1, 0.15) is 16.1 Å². The summed E-state index contributed by atoms with van der Waals surface area (Å²) in [7, 11) is 0. The number of hydrogen-bond acceptors (Lipinski definition) is 7. The molecule has 28 heavy (non-hydrogen) atoms. The molecule has 0 aliphatic carbocycles. The summed E-state index contributed by atoms with van der Waals surface area (Å²) in [5.74, 6) is -0.780. The van der Waals surface area contributed by atoms with Crippen LogP contribution in [0, 0.1) is 5.41 Å². The van der Waals surface area contributed by atoms with Gasteiger partial charge in [-0.05, 0) is 42.1 Å². The van der Waals surface area contributed by atoms with Gasteiger partial charge in [-0.3, -0.25) is 10.2 Å². The highest BCUT2D eigenvalue weighted by molar-refractivity contribution is 8.19. The number of hydrogen-bond donors (Lipinski definition) is 2. The molecule has 0 saturated carbocycles. The van der Waals surface area contributed by atoms with Crippen molar-refractivity contribution >= 4 is 63.0 Å². The van der Waals surface area contributed by atoms with Crippen molar-refractivity contribution in [2.24, 2.45) is 0 Å². The summed E-state index contributed by atoms with van der Waals surface area (Å²) >= 11 is 8.15. The van der Waals surface area contributed by atoms with Crippen molar-refractivity contribution in [2.45, 2.75) is 0 Å². The Kier molecular flexibility index (Phi) is 4.80. The number of amidine groups is 1. The molecule has 7 nitrogen and oxygen atoms in total. The van der Waals surface area contributed by atoms with Crippen LogP contribution in [0.3, 0.4) is 0 Å². The maximum absolute atomic E-state index is 12.6. The lowest BCUT2D eigenvalue weighted by molar-refractivity contribution is -0.113. The number of anilines is 1. The van der Waals surface area contributed by atoms with Crippen LogP contribution >= 0.6 is 34.7 Å². The van der Waals surface area contributed by atoms with E-state index in [1.807, 2.05) is 0 Å². The summed E-state index contributed by atoms with van der Waals surface area (Å²) in [6.45, 7) is 0. The van der Waals surface area contributed by atoms with Crippen molar-refractivity contribution in [2.75, 3.05) is 4.90 Å². The molecule has 0 unspecified atom stereocenters. The third-order valence-electron chi connectivity index (χ3n) is 3.81. The Hall–Kier alpha value is -2.88. The van der Waals surface area contributed by atoms with Crippen LogP contribution in [0.5, 0.6) is 0 Å². The maximum Gasteiger partial charge on any atom is 0.336 e. The van der Waals surface area contributed by atoms with Gasteiger partial charge in [0.1, 0.15) is 11.5 Å². The van der Waals surface area contributed by atoms with E-state index in [9.17, 15) is 14.7 Å². The average molecular weight is 432 g/mol. The largest absolute Gasteiger partial charge is 0.478 e. The molecule has 10 heteroatoms. The molecule has 3 heterocycles. The van der Waals surface area contributed by atoms with Gasteiger partial charge in [-0.1, -0.05) is 11.6 Å². The third kappa shape index (κ3) is 3.35. The molecule has 2 N–H and O–H groups in total. The van der Waals surface area contributed by atoms with E-state index >= 15 is 0 Å². The van der Waals surface area contributed by atoms with Crippen molar-refractivity contribution < 1.29 is 19.1 Å². The Morgan fingerprint density at radius 1 is 1.32 bits per heavy atom. The number of furan rings is 1. The van der Waals surface area contributed by atoms with Gasteiger partial charge in [-0.15, -0.1) is 11.3 Å². The Labute approximate surface area is 171 Å². The lowest BCUT2D eigenvalue weighted by Gasteiger charge is -2.08. The van der Waals surface area contributed by atoms with E-state index in [1.54, 1.807) is 35.8 Å². The molecule has 0 atom stereocenters. The number of carboxylic acid groups (broad SMARTS) is 1. The SMILES string of the molecule is N=C1SC(=Cc2ccc(-c3ccc(Cl)cc3C(=O)O)o2)C(=O)N1c1nccs1. The predicted molar refractivity (Wildman–Crippen MR) is 109 cm³/mol. The van der Waals surface area contributed by atoms with Crippen molar-refractivity contribution in [1.29, 1.82) is 5.41 Å². The minimum Gasteiger partial charge on any atom is -0.478 e. The number of aromatic nitrogens is 1. The lowest BCUT2D eigenvalue weighted by Crippen LogP contribution is -2.27. The normalized spacial score (nSPS) is 15.6. The first-order valence-corrected chi connectivity index (χ1v) is 9.86. The highest BCUT2D eigenvalue weighted by atomic mass is 35.5. The van der Waals surface area contributed by atoms with Gasteiger partial charge in [-0.25, -0.2) is 14.7 Å². The summed E-state index contributed by atoms with van der Waals surface area (Å²) in [5.41, 5.74) is 0.396. The van der Waals surface area contributed by atoms with E-state index in [4.69, 9.17) is 21.4 Å². The van der Waals surface area contributed by atoms with Gasteiger partial charge < -0.3 is 9.52 Å². The Morgan fingerprint density at radius 2 is 2.14 bits per heavy atom. The van der Waals surface area contributed by atoms with E-state index in [1.165, 1.54) is 28.4 Å². The van der Waals surface area contributed by atoms with Crippen molar-refractivity contribution in [3.63, 3.8) is 0 Å². The molecule has 1 amide bonds. The highest BCUT2D eigenvalue weighted by Gasteiger charge is 2.35. The molecule has 0 bridgehead atoms. The van der Waals surface area contributed by atoms with E-state index in [2.05, 4.69) is 4.98 Å². The Balaban J connectivity index is 1.65. The van der Waals surface area contributed by atoms with Gasteiger partial charge >= 0.3 is 5.97 Å². The maximum atomic E-state index is 12.6. The highest BCUT2D eigenvalue weighted by Crippen LogP contribution is 2.37. The van der Waals surface area contributed by atoms with Crippen molar-refractivity contribution in [1.82, 2.24) is 4.98 Å². The minimum absolute atomic E-state index is 0.0177. The summed E-state index contributed by atoms with van der Waals surface area (Å²) in [5, 5.41) is 19.9. The van der Waals surface area contributed by atoms with Crippen molar-refractivity contribution in [3.8, 4) is 11.3 Å². The molecule has 140 valence electrons. The summed E-state index contributed by atoms with van der Waals surface area (Å²) in [4.78, 5) is 29.7. The second kappa shape index (κ2) is 7.27. The number of benzene rings is 1. The van der Waals surface area contributed by atoms with Gasteiger partial charge in [0.15, 0.2) is 10.3 Å². The van der Waals surface area contributed by atoms with E-state index in [0.29, 0.717) is 32.1 Å². The zero-order valence-corrected chi connectivity index (χ0v) is 16.3. The molecule has 0 spiro atoms. The van der Waals surface area contributed by atoms with Crippen LogP contribution in [-0.2, 0) is 4.79 Å². The van der Waals surface area contributed by atoms with Crippen LogP contribution in [0.25, 0.3) is 17.4 Å². The van der Waals surface area contributed by atoms with Gasteiger partial charge in [0.2, 0.25) is 0 Å². The summed E-state index contributed by atoms with van der Waals surface area (Å²) in [6, 6.07) is 7.75. The smallest absolute Gasteiger partial charge is 0.336 e. The number of thioether (sulfide) groups is 1. The summed E-state index contributed by atoms with van der Waals surface area (Å²) in [6.07, 6.45) is 3.09. The standard InChI is InChI=1S/C18H10ClN3O4S2/c19-9-1-3-11(12(7-9)16(24)25)13-4-2-10(26-13)8-14-15(23)22(17(20)28-14)18-21-5-6-27-18/h1-8,20H,(H,24,25). The fourth-order valence-electron chi connectivity index (χ4n) is 2.60. The number of nitrogens with zero attached hydrogens (tertiary/aromatic N) is 2. The van der Waals surface area contributed by atoms with Crippen LogP contribution in [0.2, 0.25) is 5.02 Å². The number of rotatable bonds is 4. The number of halogens is 1. The predicted octanol–water partition coefficient (Wildman–Crippen LogP) is 4.81. The molecule has 1 saturated heterocycles. The minimum atomic E-state index is -1.12. The first kappa shape index (κ1) is 18.5. The van der Waals surface area contributed by atoms with Crippen molar-refractivity contribution in [3.05, 3.63) is 63.2 Å². The zero-order chi connectivity index (χ0) is 19.8. The summed E-state index contributed by atoms with van der Waals surface area (Å²) < 4.78 is 5.72. The first-order valence-electron chi connectivity index (χ1n) is 7.79. The topological polar surface area (TPSA) is 107 Å². The lowest BCUT2D eigenvalue weighted by atomic mass is 10.1. The second-order valence-corrected chi connectivity index (χ2v) is 7.91. The number of thiazole rings is 1. The monoisotopic (exact) mass is 431 g/mol. The van der Waals surface area contributed by atoms with Crippen LogP contribution in [0.4, 0.5) is 5.13 Å². The van der Waals surface area contributed by atoms with Gasteiger partial charge in [0, 0.05) is 28.2 Å². The molecule has 1 aliphatic heterocycles. The Bertz CT molecular complexity index is 1140. The molecule has 1 fully saturated rings. The first-order chi connectivity index (χ1) is 13.4. The average Bonchev–Trinajstić information content (AvgIpc) is 3.37. The fraction of sp³-hybridized carbons (Fsp3) is 0. The molecule has 1 aromatic carbocycles. The molecule has 4 rings (SSSR count). The van der Waals surface area contributed by atoms with E-state index in [-0.39, 0.29) is 16.6 Å². The fourth-order valence-corrected chi connectivity index (χ4v) is 4.30. The number of carbonyl (C=O) groups excluding carboxylic acids is 1. The van der Waals surface area contributed by atoms with Gasteiger partial charge in [-0.2, -0.15) is 0 Å². The molecular formula is C18H10ClN3O4S2. The zero-order valence-electron chi connectivity index (χ0n) is 13.9. The van der Waals surface area contributed by atoms with Gasteiger partial charge in [0.05, 0.1) is 10.5 Å². The number of nitrogens with one attached hydrogen (secondary N) is 1. The van der Waals surface area contributed by atoms with E-state index < -0.39 is 5.97 Å². The number of amides is 1. The third-order valence-corrected chi connectivity index (χ3v) is 5.69. The van der Waals surface area contributed by atoms with E-state index in [0.717, 1.165) is 11.8 Å². The Morgan fingerprint density at radius 3 is 2.86 bits per heavy atom. The number of carboxylic acids is 1. The van der Waals surface area contributed by atoms with Crippen LogP contribution in [-0.4, -0.2) is 27.1 Å². The molecule has 3 aromatic rings. The molecule has 2 aromatic heterocycles. The quantitative estimate of drug-likeness (QED) is 0.574. The van der Waals surface area contributed by atoms with Crippen LogP contribution in [0.15, 0.2) is 51.2 Å². The molecule has 1 aliphatic rings. The molecular weight excluding hydrogens is 422 g/mol. The number of aromatic carboxylic acids is 1. The second-order valence-electron chi connectivity index (χ2n) is 5.57. The number of carbonyl (C=O) groups is 2. The van der Waals surface area contributed by atoms with Crippen LogP contribution < -0.4 is 4.90 Å². The molecule has 0 radical (unpaired) electrons. The van der Waals surface area contributed by atoms with Gasteiger partial charge in [0.25, 0.3) is 5.91 Å².